The molecule has 1 atom stereocenters. The Balaban J connectivity index is 1.96. The normalized spacial score (nSPS) is 12.2. The molecule has 7 heteroatoms. The first-order valence-corrected chi connectivity index (χ1v) is 9.84. The lowest BCUT2D eigenvalue weighted by atomic mass is 10.0. The number of para-hydroxylation sites is 1. The van der Waals surface area contributed by atoms with E-state index in [1.54, 1.807) is 18.7 Å². The standard InChI is InChI=1S/C17H23N3O2S2/c1-5-10-23-17-20-19-16(24-17)18-15(21)12(4)22-14-9-7-6-8-13(14)11(2)3/h6-9,11-12H,5,10H2,1-4H3,(H,18,19,21)/t12-/m0/s1. The molecule has 1 heterocycles. The first-order valence-electron chi connectivity index (χ1n) is 8.04. The number of carbonyl (C=O) groups excluding carboxylic acids is 1. The van der Waals surface area contributed by atoms with Crippen molar-refractivity contribution in [3.63, 3.8) is 0 Å². The molecule has 2 aromatic rings. The van der Waals surface area contributed by atoms with Gasteiger partial charge in [-0.05, 0) is 30.9 Å². The van der Waals surface area contributed by atoms with Crippen molar-refractivity contribution in [3.05, 3.63) is 29.8 Å². The van der Waals surface area contributed by atoms with E-state index < -0.39 is 6.10 Å². The maximum atomic E-state index is 12.3. The number of hydrogen-bond acceptors (Lipinski definition) is 6. The minimum Gasteiger partial charge on any atom is -0.481 e. The Kier molecular flexibility index (Phi) is 7.05. The van der Waals surface area contributed by atoms with Gasteiger partial charge in [0.15, 0.2) is 10.4 Å². The summed E-state index contributed by atoms with van der Waals surface area (Å²) in [4.78, 5) is 12.3. The fraction of sp³-hybridized carbons (Fsp3) is 0.471. The predicted octanol–water partition coefficient (Wildman–Crippen LogP) is 4.57. The second-order valence-corrected chi connectivity index (χ2v) is 7.98. The molecule has 0 aliphatic heterocycles. The number of hydrogen-bond donors (Lipinski definition) is 1. The fourth-order valence-corrected chi connectivity index (χ4v) is 3.70. The Hall–Kier alpha value is -1.60. The van der Waals surface area contributed by atoms with Crippen LogP contribution in [-0.4, -0.2) is 28.0 Å². The van der Waals surface area contributed by atoms with E-state index in [0.29, 0.717) is 11.0 Å². The summed E-state index contributed by atoms with van der Waals surface area (Å²) in [5, 5.41) is 11.3. The second kappa shape index (κ2) is 9.03. The van der Waals surface area contributed by atoms with Crippen LogP contribution in [0.15, 0.2) is 28.6 Å². The molecule has 1 aromatic carbocycles. The smallest absolute Gasteiger partial charge is 0.266 e. The Bertz CT molecular complexity index is 673. The van der Waals surface area contributed by atoms with Crippen LogP contribution in [0.1, 0.15) is 45.6 Å². The highest BCUT2D eigenvalue weighted by atomic mass is 32.2. The number of nitrogens with one attached hydrogen (secondary N) is 1. The van der Waals surface area contributed by atoms with Gasteiger partial charge in [0.2, 0.25) is 5.13 Å². The van der Waals surface area contributed by atoms with Gasteiger partial charge < -0.3 is 4.74 Å². The number of rotatable bonds is 8. The van der Waals surface area contributed by atoms with Gasteiger partial charge in [0.25, 0.3) is 5.91 Å². The topological polar surface area (TPSA) is 64.1 Å². The van der Waals surface area contributed by atoms with E-state index in [1.165, 1.54) is 11.3 Å². The zero-order chi connectivity index (χ0) is 17.5. The molecule has 0 spiro atoms. The average Bonchev–Trinajstić information content (AvgIpc) is 3.00. The van der Waals surface area contributed by atoms with Gasteiger partial charge in [0.05, 0.1) is 0 Å². The van der Waals surface area contributed by atoms with Gasteiger partial charge >= 0.3 is 0 Å². The zero-order valence-electron chi connectivity index (χ0n) is 14.4. The van der Waals surface area contributed by atoms with E-state index in [1.807, 2.05) is 24.3 Å². The third kappa shape index (κ3) is 5.21. The van der Waals surface area contributed by atoms with Gasteiger partial charge in [-0.1, -0.05) is 62.1 Å². The second-order valence-electron chi connectivity index (χ2n) is 5.66. The quantitative estimate of drug-likeness (QED) is 0.548. The summed E-state index contributed by atoms with van der Waals surface area (Å²) in [6.07, 6.45) is 0.465. The number of anilines is 1. The highest BCUT2D eigenvalue weighted by Crippen LogP contribution is 2.28. The van der Waals surface area contributed by atoms with E-state index >= 15 is 0 Å². The molecular weight excluding hydrogens is 342 g/mol. The van der Waals surface area contributed by atoms with Gasteiger partial charge in [0.1, 0.15) is 5.75 Å². The average molecular weight is 366 g/mol. The fourth-order valence-electron chi connectivity index (χ4n) is 2.02. The molecule has 0 radical (unpaired) electrons. The molecule has 130 valence electrons. The SMILES string of the molecule is CCCSc1nnc(NC(=O)[C@H](C)Oc2ccccc2C(C)C)s1. The number of ether oxygens (including phenoxy) is 1. The van der Waals surface area contributed by atoms with Crippen molar-refractivity contribution in [1.82, 2.24) is 10.2 Å². The van der Waals surface area contributed by atoms with Crippen molar-refractivity contribution < 1.29 is 9.53 Å². The zero-order valence-corrected chi connectivity index (χ0v) is 16.0. The lowest BCUT2D eigenvalue weighted by Gasteiger charge is -2.18. The minimum atomic E-state index is -0.611. The largest absolute Gasteiger partial charge is 0.481 e. The van der Waals surface area contributed by atoms with Crippen LogP contribution >= 0.6 is 23.1 Å². The summed E-state index contributed by atoms with van der Waals surface area (Å²) in [5.41, 5.74) is 1.09. The highest BCUT2D eigenvalue weighted by Gasteiger charge is 2.19. The Morgan fingerprint density at radius 3 is 2.75 bits per heavy atom. The summed E-state index contributed by atoms with van der Waals surface area (Å²) in [6, 6.07) is 7.80. The summed E-state index contributed by atoms with van der Waals surface area (Å²) in [6.45, 7) is 8.05. The lowest BCUT2D eigenvalue weighted by Crippen LogP contribution is -2.30. The van der Waals surface area contributed by atoms with Crippen molar-refractivity contribution in [2.75, 3.05) is 11.1 Å². The first kappa shape index (κ1) is 18.7. The molecule has 1 amide bonds. The van der Waals surface area contributed by atoms with Crippen LogP contribution in [0.2, 0.25) is 0 Å². The maximum Gasteiger partial charge on any atom is 0.266 e. The van der Waals surface area contributed by atoms with Crippen LogP contribution in [0, 0.1) is 0 Å². The molecule has 5 nitrogen and oxygen atoms in total. The Morgan fingerprint density at radius 2 is 2.04 bits per heavy atom. The van der Waals surface area contributed by atoms with E-state index in [9.17, 15) is 4.79 Å². The number of carbonyl (C=O) groups is 1. The highest BCUT2D eigenvalue weighted by molar-refractivity contribution is 8.01. The van der Waals surface area contributed by atoms with E-state index in [2.05, 4.69) is 36.3 Å². The van der Waals surface area contributed by atoms with Crippen LogP contribution in [0.4, 0.5) is 5.13 Å². The molecular formula is C17H23N3O2S2. The van der Waals surface area contributed by atoms with Gasteiger partial charge in [-0.25, -0.2) is 0 Å². The van der Waals surface area contributed by atoms with Crippen LogP contribution in [-0.2, 0) is 4.79 Å². The van der Waals surface area contributed by atoms with Crippen molar-refractivity contribution in [2.45, 2.75) is 50.5 Å². The Labute approximate surface area is 151 Å². The van der Waals surface area contributed by atoms with Crippen molar-refractivity contribution in [2.24, 2.45) is 0 Å². The maximum absolute atomic E-state index is 12.3. The van der Waals surface area contributed by atoms with Crippen LogP contribution < -0.4 is 10.1 Å². The number of aromatic nitrogens is 2. The summed E-state index contributed by atoms with van der Waals surface area (Å²) >= 11 is 3.03. The van der Waals surface area contributed by atoms with E-state index in [0.717, 1.165) is 27.8 Å². The summed E-state index contributed by atoms with van der Waals surface area (Å²) in [5.74, 6) is 1.84. The molecule has 0 unspecified atom stereocenters. The van der Waals surface area contributed by atoms with Gasteiger partial charge in [-0.3, -0.25) is 10.1 Å². The molecule has 24 heavy (non-hydrogen) atoms. The summed E-state index contributed by atoms with van der Waals surface area (Å²) < 4.78 is 6.72. The number of nitrogens with zero attached hydrogens (tertiary/aromatic N) is 2. The molecule has 0 aliphatic carbocycles. The van der Waals surface area contributed by atoms with Crippen LogP contribution in [0.25, 0.3) is 0 Å². The molecule has 0 aliphatic rings. The molecule has 0 saturated carbocycles. The van der Waals surface area contributed by atoms with E-state index in [-0.39, 0.29) is 5.91 Å². The summed E-state index contributed by atoms with van der Waals surface area (Å²) in [7, 11) is 0. The third-order valence-corrected chi connectivity index (χ3v) is 5.46. The predicted molar refractivity (Wildman–Crippen MR) is 100 cm³/mol. The number of benzene rings is 1. The molecule has 0 bridgehead atoms. The van der Waals surface area contributed by atoms with Gasteiger partial charge in [0, 0.05) is 5.75 Å². The van der Waals surface area contributed by atoms with Crippen molar-refractivity contribution in [1.29, 1.82) is 0 Å². The molecule has 2 rings (SSSR count). The van der Waals surface area contributed by atoms with E-state index in [4.69, 9.17) is 4.74 Å². The minimum absolute atomic E-state index is 0.225. The van der Waals surface area contributed by atoms with Crippen molar-refractivity contribution in [3.8, 4) is 5.75 Å². The third-order valence-electron chi connectivity index (χ3n) is 3.28. The van der Waals surface area contributed by atoms with Crippen molar-refractivity contribution >= 4 is 34.1 Å². The monoisotopic (exact) mass is 365 g/mol. The molecule has 0 fully saturated rings. The molecule has 1 aromatic heterocycles. The molecule has 1 N–H and O–H groups in total. The van der Waals surface area contributed by atoms with Crippen LogP contribution in [0.3, 0.4) is 0 Å². The molecule has 0 saturated heterocycles. The van der Waals surface area contributed by atoms with Gasteiger partial charge in [-0.15, -0.1) is 10.2 Å². The number of thioether (sulfide) groups is 1. The Morgan fingerprint density at radius 1 is 1.29 bits per heavy atom. The first-order chi connectivity index (χ1) is 11.5. The van der Waals surface area contributed by atoms with Crippen LogP contribution in [0.5, 0.6) is 5.75 Å². The lowest BCUT2D eigenvalue weighted by molar-refractivity contribution is -0.122. The van der Waals surface area contributed by atoms with Gasteiger partial charge in [-0.2, -0.15) is 0 Å². The number of amides is 1.